The van der Waals surface area contributed by atoms with Gasteiger partial charge in [0.25, 0.3) is 0 Å². The van der Waals surface area contributed by atoms with Crippen molar-refractivity contribution in [3.8, 4) is 10.6 Å². The first-order chi connectivity index (χ1) is 10.7. The normalized spacial score (nSPS) is 10.4. The maximum absolute atomic E-state index is 12.0. The topological polar surface area (TPSA) is 42.0 Å². The molecule has 0 aliphatic rings. The highest BCUT2D eigenvalue weighted by atomic mass is 79.9. The fourth-order valence-electron chi connectivity index (χ4n) is 2.05. The van der Waals surface area contributed by atoms with Crippen molar-refractivity contribution < 1.29 is 4.79 Å². The molecule has 0 unspecified atom stereocenters. The molecule has 0 aliphatic heterocycles. The first-order valence-electron chi connectivity index (χ1n) is 6.75. The number of carbonyl (C=O) groups is 1. The Morgan fingerprint density at radius 3 is 2.45 bits per heavy atom. The molecule has 5 heteroatoms. The van der Waals surface area contributed by atoms with Crippen molar-refractivity contribution in [1.82, 2.24) is 4.98 Å². The van der Waals surface area contributed by atoms with Gasteiger partial charge in [0.15, 0.2) is 0 Å². The van der Waals surface area contributed by atoms with Gasteiger partial charge >= 0.3 is 0 Å². The Morgan fingerprint density at radius 2 is 1.82 bits per heavy atom. The molecule has 3 rings (SSSR count). The Labute approximate surface area is 141 Å². The number of benzene rings is 2. The van der Waals surface area contributed by atoms with Crippen LogP contribution in [0.15, 0.2) is 64.6 Å². The average molecular weight is 373 g/mol. The van der Waals surface area contributed by atoms with Crippen molar-refractivity contribution in [3.63, 3.8) is 0 Å². The van der Waals surface area contributed by atoms with Crippen LogP contribution in [-0.4, -0.2) is 10.9 Å². The Hall–Kier alpha value is -1.98. The number of nitrogens with zero attached hydrogens (tertiary/aromatic N) is 1. The monoisotopic (exact) mass is 372 g/mol. The number of anilines is 1. The highest BCUT2D eigenvalue weighted by Crippen LogP contribution is 2.23. The van der Waals surface area contributed by atoms with Crippen molar-refractivity contribution in [2.45, 2.75) is 6.42 Å². The van der Waals surface area contributed by atoms with E-state index in [2.05, 4.69) is 26.2 Å². The number of hydrogen-bond donors (Lipinski definition) is 1. The molecule has 0 bridgehead atoms. The molecule has 0 spiro atoms. The smallest absolute Gasteiger partial charge is 0.228 e. The van der Waals surface area contributed by atoms with Crippen molar-refractivity contribution >= 4 is 38.9 Å². The summed E-state index contributed by atoms with van der Waals surface area (Å²) in [7, 11) is 0. The minimum Gasteiger partial charge on any atom is -0.326 e. The molecular weight excluding hydrogens is 360 g/mol. The van der Waals surface area contributed by atoms with Gasteiger partial charge in [0.2, 0.25) is 5.91 Å². The third-order valence-electron chi connectivity index (χ3n) is 3.13. The second-order valence-corrected chi connectivity index (χ2v) is 6.58. The van der Waals surface area contributed by atoms with Crippen LogP contribution in [0.1, 0.15) is 5.56 Å². The van der Waals surface area contributed by atoms with Gasteiger partial charge in [-0.25, -0.2) is 4.98 Å². The standard InChI is InChI=1S/C17H13BrN2OS/c18-14-5-1-12(2-6-14)11-16(21)20-15-7-3-13(4-8-15)17-19-9-10-22-17/h1-10H,11H2,(H,20,21). The summed E-state index contributed by atoms with van der Waals surface area (Å²) in [5, 5.41) is 5.84. The van der Waals surface area contributed by atoms with E-state index in [1.54, 1.807) is 17.5 Å². The van der Waals surface area contributed by atoms with E-state index in [-0.39, 0.29) is 5.91 Å². The van der Waals surface area contributed by atoms with E-state index in [1.807, 2.05) is 53.9 Å². The molecule has 3 nitrogen and oxygen atoms in total. The van der Waals surface area contributed by atoms with Crippen LogP contribution in [0.3, 0.4) is 0 Å². The summed E-state index contributed by atoms with van der Waals surface area (Å²) in [4.78, 5) is 16.3. The van der Waals surface area contributed by atoms with Gasteiger partial charge in [-0.2, -0.15) is 0 Å². The molecule has 0 aliphatic carbocycles. The number of hydrogen-bond acceptors (Lipinski definition) is 3. The molecule has 2 aromatic carbocycles. The van der Waals surface area contributed by atoms with Gasteiger partial charge in [0.1, 0.15) is 5.01 Å². The highest BCUT2D eigenvalue weighted by Gasteiger charge is 2.05. The van der Waals surface area contributed by atoms with E-state index in [9.17, 15) is 4.79 Å². The van der Waals surface area contributed by atoms with Gasteiger partial charge in [0.05, 0.1) is 6.42 Å². The van der Waals surface area contributed by atoms with Crippen LogP contribution in [0.5, 0.6) is 0 Å². The number of halogens is 1. The van der Waals surface area contributed by atoms with Crippen molar-refractivity contribution in [2.24, 2.45) is 0 Å². The molecule has 1 N–H and O–H groups in total. The van der Waals surface area contributed by atoms with Gasteiger partial charge in [-0.1, -0.05) is 28.1 Å². The number of aromatic nitrogens is 1. The predicted octanol–water partition coefficient (Wildman–Crippen LogP) is 4.75. The lowest BCUT2D eigenvalue weighted by molar-refractivity contribution is -0.115. The van der Waals surface area contributed by atoms with E-state index in [4.69, 9.17) is 0 Å². The molecule has 1 heterocycles. The zero-order valence-electron chi connectivity index (χ0n) is 11.6. The Morgan fingerprint density at radius 1 is 1.09 bits per heavy atom. The quantitative estimate of drug-likeness (QED) is 0.717. The Bertz CT molecular complexity index is 752. The van der Waals surface area contributed by atoms with E-state index < -0.39 is 0 Å². The van der Waals surface area contributed by atoms with Gasteiger partial charge in [-0.15, -0.1) is 11.3 Å². The molecule has 0 radical (unpaired) electrons. The van der Waals surface area contributed by atoms with Crippen LogP contribution in [0.2, 0.25) is 0 Å². The van der Waals surface area contributed by atoms with E-state index in [0.29, 0.717) is 6.42 Å². The number of thiazole rings is 1. The summed E-state index contributed by atoms with van der Waals surface area (Å²) < 4.78 is 1.01. The number of carbonyl (C=O) groups excluding carboxylic acids is 1. The first-order valence-corrected chi connectivity index (χ1v) is 8.42. The van der Waals surface area contributed by atoms with Crippen LogP contribution < -0.4 is 5.32 Å². The second-order valence-electron chi connectivity index (χ2n) is 4.77. The molecule has 1 amide bonds. The fraction of sp³-hybridized carbons (Fsp3) is 0.0588. The largest absolute Gasteiger partial charge is 0.326 e. The minimum absolute atomic E-state index is 0.0238. The lowest BCUT2D eigenvalue weighted by Gasteiger charge is -2.06. The minimum atomic E-state index is -0.0238. The molecule has 0 fully saturated rings. The average Bonchev–Trinajstić information content (AvgIpc) is 3.05. The molecule has 3 aromatic rings. The second kappa shape index (κ2) is 6.85. The Balaban J connectivity index is 1.63. The molecule has 22 heavy (non-hydrogen) atoms. The van der Waals surface area contributed by atoms with Crippen molar-refractivity contribution in [2.75, 3.05) is 5.32 Å². The third-order valence-corrected chi connectivity index (χ3v) is 4.48. The van der Waals surface area contributed by atoms with E-state index in [1.165, 1.54) is 0 Å². The summed E-state index contributed by atoms with van der Waals surface area (Å²) in [5.41, 5.74) is 2.84. The summed E-state index contributed by atoms with van der Waals surface area (Å²) in [6, 6.07) is 15.5. The zero-order valence-corrected chi connectivity index (χ0v) is 14.0. The summed E-state index contributed by atoms with van der Waals surface area (Å²) in [5.74, 6) is -0.0238. The molecule has 0 saturated carbocycles. The molecule has 1 aromatic heterocycles. The number of rotatable bonds is 4. The maximum atomic E-state index is 12.0. The Kier molecular flexibility index (Phi) is 4.65. The van der Waals surface area contributed by atoms with Crippen LogP contribution in [-0.2, 0) is 11.2 Å². The van der Waals surface area contributed by atoms with Gasteiger partial charge in [-0.3, -0.25) is 4.79 Å². The van der Waals surface area contributed by atoms with Gasteiger partial charge < -0.3 is 5.32 Å². The number of nitrogens with one attached hydrogen (secondary N) is 1. The van der Waals surface area contributed by atoms with Crippen molar-refractivity contribution in [3.05, 3.63) is 70.1 Å². The zero-order chi connectivity index (χ0) is 15.4. The van der Waals surface area contributed by atoms with E-state index >= 15 is 0 Å². The molecule has 0 atom stereocenters. The fourth-order valence-corrected chi connectivity index (χ4v) is 2.96. The summed E-state index contributed by atoms with van der Waals surface area (Å²) in [6.45, 7) is 0. The van der Waals surface area contributed by atoms with Crippen LogP contribution in [0.25, 0.3) is 10.6 Å². The maximum Gasteiger partial charge on any atom is 0.228 e. The number of amides is 1. The first kappa shape index (κ1) is 14.9. The van der Waals surface area contributed by atoms with E-state index in [0.717, 1.165) is 26.3 Å². The SMILES string of the molecule is O=C(Cc1ccc(Br)cc1)Nc1ccc(-c2nccs2)cc1. The van der Waals surface area contributed by atoms with Crippen LogP contribution in [0.4, 0.5) is 5.69 Å². The molecule has 0 saturated heterocycles. The summed E-state index contributed by atoms with van der Waals surface area (Å²) in [6.07, 6.45) is 2.15. The molecular formula is C17H13BrN2OS. The van der Waals surface area contributed by atoms with Gasteiger partial charge in [0, 0.05) is 27.3 Å². The summed E-state index contributed by atoms with van der Waals surface area (Å²) >= 11 is 4.98. The third kappa shape index (κ3) is 3.81. The van der Waals surface area contributed by atoms with Crippen molar-refractivity contribution in [1.29, 1.82) is 0 Å². The predicted molar refractivity (Wildman–Crippen MR) is 94.0 cm³/mol. The highest BCUT2D eigenvalue weighted by molar-refractivity contribution is 9.10. The lowest BCUT2D eigenvalue weighted by atomic mass is 10.1. The van der Waals surface area contributed by atoms with Gasteiger partial charge in [-0.05, 0) is 42.0 Å². The molecule has 110 valence electrons. The lowest BCUT2D eigenvalue weighted by Crippen LogP contribution is -2.14. The van der Waals surface area contributed by atoms with Crippen LogP contribution >= 0.6 is 27.3 Å². The van der Waals surface area contributed by atoms with Crippen LogP contribution in [0, 0.1) is 0 Å².